The van der Waals surface area contributed by atoms with Gasteiger partial charge in [-0.05, 0) is 37.6 Å². The Labute approximate surface area is 206 Å². The van der Waals surface area contributed by atoms with E-state index in [4.69, 9.17) is 11.6 Å². The maximum Gasteiger partial charge on any atom is 0.257 e. The minimum atomic E-state index is -2.66. The lowest BCUT2D eigenvalue weighted by Crippen LogP contribution is -2.39. The van der Waals surface area contributed by atoms with E-state index in [0.717, 1.165) is 22.0 Å². The molecule has 10 heteroatoms. The molecule has 0 unspecified atom stereocenters. The molecule has 1 aliphatic heterocycles. The first-order valence-corrected chi connectivity index (χ1v) is 11.8. The summed E-state index contributed by atoms with van der Waals surface area (Å²) in [7, 11) is 0. The summed E-state index contributed by atoms with van der Waals surface area (Å²) in [4.78, 5) is 22.2. The molecule has 3 aromatic heterocycles. The second-order valence-electron chi connectivity index (χ2n) is 9.09. The molecule has 1 fully saturated rings. The van der Waals surface area contributed by atoms with E-state index in [2.05, 4.69) is 34.2 Å². The molecule has 7 nitrogen and oxygen atoms in total. The van der Waals surface area contributed by atoms with Gasteiger partial charge in [0, 0.05) is 67.0 Å². The van der Waals surface area contributed by atoms with Gasteiger partial charge < -0.3 is 15.2 Å². The highest BCUT2D eigenvalue weighted by molar-refractivity contribution is 6.33. The molecule has 35 heavy (non-hydrogen) atoms. The maximum absolute atomic E-state index is 13.5. The van der Waals surface area contributed by atoms with E-state index in [1.54, 1.807) is 11.1 Å². The highest BCUT2D eigenvalue weighted by Gasteiger charge is 2.35. The van der Waals surface area contributed by atoms with Crippen LogP contribution in [0.4, 0.5) is 20.3 Å². The van der Waals surface area contributed by atoms with Crippen LogP contribution in [0.25, 0.3) is 22.0 Å². The number of aromatic nitrogens is 4. The number of anilines is 2. The summed E-state index contributed by atoms with van der Waals surface area (Å²) < 4.78 is 28.8. The number of aromatic amines is 1. The van der Waals surface area contributed by atoms with E-state index in [-0.39, 0.29) is 48.5 Å². The maximum atomic E-state index is 13.5. The van der Waals surface area contributed by atoms with Crippen molar-refractivity contribution in [2.75, 3.05) is 23.3 Å². The first-order chi connectivity index (χ1) is 16.7. The lowest BCUT2D eigenvalue weighted by atomic mass is 10.1. The van der Waals surface area contributed by atoms with Gasteiger partial charge in [0.05, 0.1) is 22.5 Å². The number of fused-ring (bicyclic) bond motifs is 1. The van der Waals surface area contributed by atoms with E-state index in [9.17, 15) is 13.6 Å². The van der Waals surface area contributed by atoms with Crippen LogP contribution in [0.1, 0.15) is 43.1 Å². The number of hydrogen-bond donors (Lipinski definition) is 2. The number of nitrogens with zero attached hydrogens (tertiary/aromatic N) is 4. The largest absolute Gasteiger partial charge is 0.359 e. The van der Waals surface area contributed by atoms with Gasteiger partial charge in [-0.1, -0.05) is 17.7 Å². The van der Waals surface area contributed by atoms with Crippen LogP contribution in [-0.2, 0) is 0 Å². The zero-order chi connectivity index (χ0) is 24.7. The second kappa shape index (κ2) is 8.96. The zero-order valence-corrected chi connectivity index (χ0v) is 20.1. The Morgan fingerprint density at radius 1 is 1.17 bits per heavy atom. The van der Waals surface area contributed by atoms with Crippen molar-refractivity contribution in [1.29, 1.82) is 0 Å². The molecule has 182 valence electrons. The van der Waals surface area contributed by atoms with Crippen LogP contribution in [0.2, 0.25) is 5.02 Å². The third-order valence-corrected chi connectivity index (χ3v) is 6.55. The predicted octanol–water partition coefficient (Wildman–Crippen LogP) is 6.15. The number of rotatable bonds is 5. The molecular weight excluding hydrogens is 474 g/mol. The number of pyridine rings is 1. The molecule has 1 amide bonds. The highest BCUT2D eigenvalue weighted by Crippen LogP contribution is 2.33. The zero-order valence-electron chi connectivity index (χ0n) is 19.4. The first kappa shape index (κ1) is 23.3. The fourth-order valence-corrected chi connectivity index (χ4v) is 4.49. The molecular formula is C25H25ClF2N6O. The summed E-state index contributed by atoms with van der Waals surface area (Å²) in [5.41, 5.74) is 3.77. The van der Waals surface area contributed by atoms with Gasteiger partial charge in [-0.3, -0.25) is 9.48 Å². The Morgan fingerprint density at radius 3 is 2.63 bits per heavy atom. The molecule has 4 heterocycles. The van der Waals surface area contributed by atoms with Gasteiger partial charge in [-0.15, -0.1) is 0 Å². The number of amides is 1. The van der Waals surface area contributed by atoms with E-state index in [1.165, 1.54) is 12.3 Å². The van der Waals surface area contributed by atoms with Crippen molar-refractivity contribution >= 4 is 39.9 Å². The van der Waals surface area contributed by atoms with Gasteiger partial charge in [0.2, 0.25) is 0 Å². The third-order valence-electron chi connectivity index (χ3n) is 6.27. The van der Waals surface area contributed by atoms with Crippen LogP contribution in [0.3, 0.4) is 0 Å². The van der Waals surface area contributed by atoms with Crippen molar-refractivity contribution in [3.8, 4) is 11.1 Å². The lowest BCUT2D eigenvalue weighted by Gasteiger charge is -2.33. The van der Waals surface area contributed by atoms with E-state index in [0.29, 0.717) is 11.5 Å². The van der Waals surface area contributed by atoms with E-state index in [1.807, 2.05) is 35.3 Å². The average molecular weight is 499 g/mol. The van der Waals surface area contributed by atoms with Crippen molar-refractivity contribution in [2.24, 2.45) is 0 Å². The highest BCUT2D eigenvalue weighted by atomic mass is 35.5. The second-order valence-corrected chi connectivity index (χ2v) is 9.50. The van der Waals surface area contributed by atoms with Crippen molar-refractivity contribution < 1.29 is 13.6 Å². The summed E-state index contributed by atoms with van der Waals surface area (Å²) in [6.45, 7) is 4.47. The fourth-order valence-electron chi connectivity index (χ4n) is 4.20. The van der Waals surface area contributed by atoms with Crippen molar-refractivity contribution in [2.45, 2.75) is 38.7 Å². The van der Waals surface area contributed by atoms with Crippen molar-refractivity contribution in [3.05, 3.63) is 59.6 Å². The summed E-state index contributed by atoms with van der Waals surface area (Å²) in [5.74, 6) is -2.61. The number of hydrogen-bond acceptors (Lipinski definition) is 4. The van der Waals surface area contributed by atoms with Gasteiger partial charge in [0.15, 0.2) is 0 Å². The number of carbonyl (C=O) groups is 1. The minimum Gasteiger partial charge on any atom is -0.359 e. The molecule has 1 aromatic carbocycles. The first-order valence-electron chi connectivity index (χ1n) is 11.5. The van der Waals surface area contributed by atoms with E-state index < -0.39 is 5.92 Å². The Kier molecular flexibility index (Phi) is 5.96. The number of alkyl halides is 2. The SMILES string of the molecule is CC(C)n1cc(-c2ccc3[nH]cc(NC(=O)c4cnc(N5CCC(F)(F)CC5)c(Cl)c4)c3c2)cn1. The van der Waals surface area contributed by atoms with Crippen molar-refractivity contribution in [3.63, 3.8) is 0 Å². The van der Waals surface area contributed by atoms with Gasteiger partial charge >= 0.3 is 0 Å². The van der Waals surface area contributed by atoms with Crippen molar-refractivity contribution in [1.82, 2.24) is 19.7 Å². The van der Waals surface area contributed by atoms with Gasteiger partial charge in [0.25, 0.3) is 11.8 Å². The summed E-state index contributed by atoms with van der Waals surface area (Å²) in [5, 5.41) is 8.44. The molecule has 5 rings (SSSR count). The summed E-state index contributed by atoms with van der Waals surface area (Å²) >= 11 is 6.38. The van der Waals surface area contributed by atoms with Gasteiger partial charge in [0.1, 0.15) is 5.82 Å². The number of nitrogens with one attached hydrogen (secondary N) is 2. The minimum absolute atomic E-state index is 0.166. The van der Waals surface area contributed by atoms with Crippen LogP contribution in [0.15, 0.2) is 49.1 Å². The standard InChI is InChI=1S/C25H25ClF2N6O/c1-15(2)34-14-18(12-31-34)16-3-4-21-19(9-16)22(13-29-21)32-24(35)17-10-20(26)23(30-11-17)33-7-5-25(27,28)6-8-33/h3-4,9-15,29H,5-8H2,1-2H3,(H,32,35). The molecule has 1 aliphatic rings. The Bertz CT molecular complexity index is 1390. The van der Waals surface area contributed by atoms with Crippen LogP contribution < -0.4 is 10.2 Å². The topological polar surface area (TPSA) is 78.8 Å². The molecule has 0 aliphatic carbocycles. The van der Waals surface area contributed by atoms with E-state index >= 15 is 0 Å². The fraction of sp³-hybridized carbons (Fsp3) is 0.320. The number of benzene rings is 1. The summed E-state index contributed by atoms with van der Waals surface area (Å²) in [6.07, 6.45) is 6.49. The summed E-state index contributed by atoms with van der Waals surface area (Å²) in [6, 6.07) is 7.75. The Balaban J connectivity index is 1.35. The molecule has 0 atom stereocenters. The van der Waals surface area contributed by atoms with Crippen LogP contribution in [0.5, 0.6) is 0 Å². The predicted molar refractivity (Wildman–Crippen MR) is 133 cm³/mol. The monoisotopic (exact) mass is 498 g/mol. The normalized spacial score (nSPS) is 15.7. The number of halogens is 3. The smallest absolute Gasteiger partial charge is 0.257 e. The number of H-pyrrole nitrogens is 1. The molecule has 4 aromatic rings. The quantitative estimate of drug-likeness (QED) is 0.346. The van der Waals surface area contributed by atoms with Crippen LogP contribution in [0, 0.1) is 0 Å². The molecule has 0 saturated carbocycles. The van der Waals surface area contributed by atoms with Crippen LogP contribution >= 0.6 is 11.6 Å². The average Bonchev–Trinajstić information content (AvgIpc) is 3.47. The molecule has 2 N–H and O–H groups in total. The lowest BCUT2D eigenvalue weighted by molar-refractivity contribution is -0.0221. The number of carbonyl (C=O) groups excluding carboxylic acids is 1. The Morgan fingerprint density at radius 2 is 1.94 bits per heavy atom. The van der Waals surface area contributed by atoms with Gasteiger partial charge in [-0.2, -0.15) is 5.10 Å². The molecule has 1 saturated heterocycles. The van der Waals surface area contributed by atoms with Crippen LogP contribution in [-0.4, -0.2) is 44.7 Å². The molecule has 0 bridgehead atoms. The van der Waals surface area contributed by atoms with Gasteiger partial charge in [-0.25, -0.2) is 13.8 Å². The molecule has 0 radical (unpaired) electrons. The number of piperidine rings is 1. The third kappa shape index (κ3) is 4.73. The molecule has 0 spiro atoms. The Hall–Kier alpha value is -3.46.